The average molecular weight is 475 g/mol. The maximum atomic E-state index is 13.1. The summed E-state index contributed by atoms with van der Waals surface area (Å²) in [7, 11) is 1.21. The van der Waals surface area contributed by atoms with E-state index in [1.54, 1.807) is 0 Å². The molecule has 1 amide bonds. The lowest BCUT2D eigenvalue weighted by Gasteiger charge is -2.09. The molecule has 0 saturated carbocycles. The summed E-state index contributed by atoms with van der Waals surface area (Å²) in [6.07, 6.45) is -3.22. The van der Waals surface area contributed by atoms with Gasteiger partial charge in [-0.05, 0) is 36.4 Å². The number of aromatic amines is 1. The van der Waals surface area contributed by atoms with Gasteiger partial charge in [-0.15, -0.1) is 0 Å². The third-order valence-corrected chi connectivity index (χ3v) is 4.94. The number of aromatic nitrogens is 3. The Bertz CT molecular complexity index is 1340. The zero-order chi connectivity index (χ0) is 24.5. The average Bonchev–Trinajstić information content (AvgIpc) is 3.38. The molecular weight excluding hydrogens is 458 g/mol. The quantitative estimate of drug-likeness (QED) is 0.285. The fraction of sp³-hybridized carbons (Fsp3) is 0.136. The number of rotatable bonds is 6. The lowest BCUT2D eigenvalue weighted by Crippen LogP contribution is -2.16. The van der Waals surface area contributed by atoms with Crippen LogP contribution in [-0.4, -0.2) is 40.1 Å². The fourth-order valence-corrected chi connectivity index (χ4v) is 3.25. The number of nitrogens with zero attached hydrogens (tertiary/aromatic N) is 2. The van der Waals surface area contributed by atoms with E-state index in [2.05, 4.69) is 25.5 Å². The summed E-state index contributed by atoms with van der Waals surface area (Å²) in [5.74, 6) is -1.37. The molecule has 2 aromatic carbocycles. The predicted molar refractivity (Wildman–Crippen MR) is 115 cm³/mol. The van der Waals surface area contributed by atoms with Crippen LogP contribution in [0.1, 0.15) is 15.9 Å². The largest absolute Gasteiger partial charge is 0.468 e. The van der Waals surface area contributed by atoms with Gasteiger partial charge in [-0.2, -0.15) is 22.8 Å². The Kier molecular flexibility index (Phi) is 5.97. The number of methoxy groups -OCH3 is 1. The SMILES string of the molecule is COC(=O)CNc1c(-c2ccc(C(F)(F)F)cc2)[nH]c2c(C(=O)Nc3ccc(F)cc3)cnn12. The van der Waals surface area contributed by atoms with Crippen LogP contribution in [0.2, 0.25) is 0 Å². The number of benzene rings is 2. The summed E-state index contributed by atoms with van der Waals surface area (Å²) in [5.41, 5.74) is 0.526. The van der Waals surface area contributed by atoms with Gasteiger partial charge in [0.25, 0.3) is 5.91 Å². The van der Waals surface area contributed by atoms with Crippen LogP contribution < -0.4 is 10.6 Å². The van der Waals surface area contributed by atoms with Gasteiger partial charge in [-0.1, -0.05) is 12.1 Å². The highest BCUT2D eigenvalue weighted by atomic mass is 19.4. The number of hydrogen-bond donors (Lipinski definition) is 3. The summed E-state index contributed by atoms with van der Waals surface area (Å²) in [6, 6.07) is 9.52. The molecule has 0 atom stereocenters. The molecule has 0 radical (unpaired) electrons. The normalized spacial score (nSPS) is 11.4. The van der Waals surface area contributed by atoms with Crippen LogP contribution in [0.4, 0.5) is 29.1 Å². The van der Waals surface area contributed by atoms with Crippen molar-refractivity contribution < 1.29 is 31.9 Å². The molecular formula is C22H17F4N5O3. The van der Waals surface area contributed by atoms with Crippen molar-refractivity contribution in [3.63, 3.8) is 0 Å². The Hall–Kier alpha value is -4.35. The molecule has 12 heteroatoms. The van der Waals surface area contributed by atoms with Gasteiger partial charge in [0.2, 0.25) is 0 Å². The second-order valence-electron chi connectivity index (χ2n) is 7.13. The summed E-state index contributed by atoms with van der Waals surface area (Å²) in [4.78, 5) is 27.4. The number of nitrogens with one attached hydrogen (secondary N) is 3. The van der Waals surface area contributed by atoms with Gasteiger partial charge in [0, 0.05) is 11.3 Å². The highest BCUT2D eigenvalue weighted by molar-refractivity contribution is 6.08. The van der Waals surface area contributed by atoms with E-state index >= 15 is 0 Å². The number of anilines is 2. The van der Waals surface area contributed by atoms with Gasteiger partial charge in [0.15, 0.2) is 5.82 Å². The van der Waals surface area contributed by atoms with Crippen LogP contribution >= 0.6 is 0 Å². The third kappa shape index (κ3) is 4.56. The van der Waals surface area contributed by atoms with Crippen molar-refractivity contribution in [2.45, 2.75) is 6.18 Å². The summed E-state index contributed by atoms with van der Waals surface area (Å²) < 4.78 is 57.9. The van der Waals surface area contributed by atoms with E-state index in [1.165, 1.54) is 54.2 Å². The first-order valence-electron chi connectivity index (χ1n) is 9.82. The van der Waals surface area contributed by atoms with Crippen molar-refractivity contribution in [3.8, 4) is 11.3 Å². The number of H-pyrrole nitrogens is 1. The van der Waals surface area contributed by atoms with Gasteiger partial charge in [0.1, 0.15) is 23.6 Å². The van der Waals surface area contributed by atoms with Gasteiger partial charge in [-0.3, -0.25) is 9.59 Å². The Morgan fingerprint density at radius 1 is 1.09 bits per heavy atom. The molecule has 4 aromatic rings. The summed E-state index contributed by atoms with van der Waals surface area (Å²) in [6.45, 7) is -0.256. The summed E-state index contributed by atoms with van der Waals surface area (Å²) in [5, 5.41) is 9.63. The third-order valence-electron chi connectivity index (χ3n) is 4.94. The van der Waals surface area contributed by atoms with Gasteiger partial charge in [-0.25, -0.2) is 4.39 Å². The number of carbonyl (C=O) groups excluding carboxylic acids is 2. The zero-order valence-corrected chi connectivity index (χ0v) is 17.5. The van der Waals surface area contributed by atoms with Gasteiger partial charge in [0.05, 0.1) is 24.6 Å². The van der Waals surface area contributed by atoms with E-state index in [0.717, 1.165) is 12.1 Å². The molecule has 0 spiro atoms. The Morgan fingerprint density at radius 2 is 1.76 bits per heavy atom. The van der Waals surface area contributed by atoms with Crippen molar-refractivity contribution in [2.24, 2.45) is 0 Å². The molecule has 3 N–H and O–H groups in total. The standard InChI is InChI=1S/C22H17F4N5O3/c1-34-17(32)11-27-20-18(12-2-4-13(5-3-12)22(24,25)26)30-19-16(10-28-31(19)20)21(33)29-15-8-6-14(23)7-9-15/h2-10,27,30H,11H2,1H3,(H,29,33). The maximum absolute atomic E-state index is 13.1. The molecule has 0 aliphatic heterocycles. The minimum atomic E-state index is -4.50. The van der Waals surface area contributed by atoms with Crippen LogP contribution in [-0.2, 0) is 15.7 Å². The Labute approximate surface area is 189 Å². The second-order valence-corrected chi connectivity index (χ2v) is 7.13. The zero-order valence-electron chi connectivity index (χ0n) is 17.5. The molecule has 2 aromatic heterocycles. The number of carbonyl (C=O) groups is 2. The number of amides is 1. The molecule has 176 valence electrons. The topological polar surface area (TPSA) is 101 Å². The van der Waals surface area contributed by atoms with Crippen molar-refractivity contribution in [1.82, 2.24) is 14.6 Å². The van der Waals surface area contributed by atoms with E-state index in [0.29, 0.717) is 16.9 Å². The highest BCUT2D eigenvalue weighted by Crippen LogP contribution is 2.34. The van der Waals surface area contributed by atoms with Crippen LogP contribution in [0, 0.1) is 5.82 Å². The predicted octanol–water partition coefficient (Wildman–Crippen LogP) is 4.32. The molecule has 8 nitrogen and oxygen atoms in total. The Morgan fingerprint density at radius 3 is 2.38 bits per heavy atom. The minimum Gasteiger partial charge on any atom is -0.468 e. The van der Waals surface area contributed by atoms with Gasteiger partial charge >= 0.3 is 12.1 Å². The van der Waals surface area contributed by atoms with E-state index < -0.39 is 29.4 Å². The molecule has 0 aliphatic rings. The number of ether oxygens (including phenoxy) is 1. The number of alkyl halides is 3. The number of hydrogen-bond acceptors (Lipinski definition) is 5. The molecule has 0 bridgehead atoms. The maximum Gasteiger partial charge on any atom is 0.416 e. The van der Waals surface area contributed by atoms with E-state index in [-0.39, 0.29) is 23.6 Å². The van der Waals surface area contributed by atoms with Crippen molar-refractivity contribution in [2.75, 3.05) is 24.3 Å². The van der Waals surface area contributed by atoms with Crippen molar-refractivity contribution >= 4 is 29.0 Å². The molecule has 0 unspecified atom stereocenters. The highest BCUT2D eigenvalue weighted by Gasteiger charge is 2.30. The molecule has 34 heavy (non-hydrogen) atoms. The number of halogens is 4. The Balaban J connectivity index is 1.73. The first-order chi connectivity index (χ1) is 16.2. The molecule has 0 aliphatic carbocycles. The first-order valence-corrected chi connectivity index (χ1v) is 9.82. The number of imidazole rings is 1. The lowest BCUT2D eigenvalue weighted by atomic mass is 10.1. The van der Waals surface area contributed by atoms with Crippen LogP contribution in [0.5, 0.6) is 0 Å². The lowest BCUT2D eigenvalue weighted by molar-refractivity contribution is -0.139. The van der Waals surface area contributed by atoms with E-state index in [1.807, 2.05) is 0 Å². The molecule has 0 fully saturated rings. The van der Waals surface area contributed by atoms with Crippen LogP contribution in [0.25, 0.3) is 16.9 Å². The van der Waals surface area contributed by atoms with Crippen molar-refractivity contribution in [1.29, 1.82) is 0 Å². The minimum absolute atomic E-state index is 0.114. The smallest absolute Gasteiger partial charge is 0.416 e. The molecule has 2 heterocycles. The second kappa shape index (κ2) is 8.89. The fourth-order valence-electron chi connectivity index (χ4n) is 3.25. The van der Waals surface area contributed by atoms with E-state index in [9.17, 15) is 27.2 Å². The first kappa shape index (κ1) is 22.8. The summed E-state index contributed by atoms with van der Waals surface area (Å²) >= 11 is 0. The monoisotopic (exact) mass is 475 g/mol. The van der Waals surface area contributed by atoms with Crippen molar-refractivity contribution in [3.05, 3.63) is 71.7 Å². The molecule has 0 saturated heterocycles. The number of esters is 1. The number of fused-ring (bicyclic) bond motifs is 1. The van der Waals surface area contributed by atoms with Crippen LogP contribution in [0.3, 0.4) is 0 Å². The van der Waals surface area contributed by atoms with Crippen LogP contribution in [0.15, 0.2) is 54.7 Å². The molecule has 4 rings (SSSR count). The van der Waals surface area contributed by atoms with E-state index in [4.69, 9.17) is 0 Å². The van der Waals surface area contributed by atoms with Gasteiger partial charge < -0.3 is 20.4 Å².